The van der Waals surface area contributed by atoms with Crippen molar-refractivity contribution >= 4 is 0 Å². The summed E-state index contributed by atoms with van der Waals surface area (Å²) >= 11 is 0. The Labute approximate surface area is 121 Å². The lowest BCUT2D eigenvalue weighted by Crippen LogP contribution is -2.48. The van der Waals surface area contributed by atoms with Crippen LogP contribution < -0.4 is 0 Å². The van der Waals surface area contributed by atoms with Gasteiger partial charge in [0.25, 0.3) is 0 Å². The number of hydrogen-bond acceptors (Lipinski definition) is 5. The second kappa shape index (κ2) is 7.17. The number of hydrogen-bond donors (Lipinski definition) is 1. The van der Waals surface area contributed by atoms with Crippen molar-refractivity contribution in [1.82, 2.24) is 24.3 Å². The van der Waals surface area contributed by atoms with Gasteiger partial charge >= 0.3 is 0 Å². The largest absolute Gasteiger partial charge is 0.390 e. The van der Waals surface area contributed by atoms with Crippen LogP contribution in [0.3, 0.4) is 0 Å². The van der Waals surface area contributed by atoms with E-state index < -0.39 is 0 Å². The molecule has 0 saturated carbocycles. The molecule has 114 valence electrons. The molecule has 1 unspecified atom stereocenters. The van der Waals surface area contributed by atoms with Crippen LogP contribution >= 0.6 is 0 Å². The minimum absolute atomic E-state index is 0.302. The summed E-state index contributed by atoms with van der Waals surface area (Å²) < 4.78 is 2.02. The Morgan fingerprint density at radius 1 is 1.30 bits per heavy atom. The van der Waals surface area contributed by atoms with Crippen molar-refractivity contribution in [2.24, 2.45) is 7.05 Å². The van der Waals surface area contributed by atoms with Gasteiger partial charge in [-0.25, -0.2) is 4.98 Å². The molecule has 2 rings (SSSR count). The molecule has 1 atom stereocenters. The molecule has 0 bridgehead atoms. The molecule has 1 aromatic heterocycles. The monoisotopic (exact) mass is 281 g/mol. The molecule has 1 aliphatic heterocycles. The van der Waals surface area contributed by atoms with Crippen LogP contribution in [0.4, 0.5) is 0 Å². The highest BCUT2D eigenvalue weighted by atomic mass is 16.3. The van der Waals surface area contributed by atoms with E-state index in [1.807, 2.05) is 31.1 Å². The van der Waals surface area contributed by atoms with E-state index in [0.717, 1.165) is 45.1 Å². The van der Waals surface area contributed by atoms with Crippen LogP contribution in [0.2, 0.25) is 0 Å². The van der Waals surface area contributed by atoms with Crippen molar-refractivity contribution in [1.29, 1.82) is 0 Å². The Morgan fingerprint density at radius 3 is 2.60 bits per heavy atom. The van der Waals surface area contributed by atoms with Gasteiger partial charge in [0.1, 0.15) is 5.82 Å². The van der Waals surface area contributed by atoms with E-state index in [2.05, 4.69) is 26.7 Å². The molecule has 1 aliphatic rings. The molecule has 1 saturated heterocycles. The number of nitrogens with zero attached hydrogens (tertiary/aromatic N) is 5. The average molecular weight is 281 g/mol. The van der Waals surface area contributed by atoms with Crippen molar-refractivity contribution in [3.63, 3.8) is 0 Å². The Bertz CT molecular complexity index is 400. The Balaban J connectivity index is 1.71. The van der Waals surface area contributed by atoms with Crippen molar-refractivity contribution in [3.05, 3.63) is 18.2 Å². The first-order valence-electron chi connectivity index (χ1n) is 7.28. The molecule has 20 heavy (non-hydrogen) atoms. The molecule has 1 fully saturated rings. The lowest BCUT2D eigenvalue weighted by molar-refractivity contribution is 0.0587. The van der Waals surface area contributed by atoms with E-state index in [1.54, 1.807) is 0 Å². The van der Waals surface area contributed by atoms with Crippen LogP contribution in [0.1, 0.15) is 5.82 Å². The topological polar surface area (TPSA) is 47.8 Å². The van der Waals surface area contributed by atoms with Gasteiger partial charge in [0.2, 0.25) is 0 Å². The number of rotatable bonds is 6. The number of β-amino-alcohol motifs (C(OH)–C–C–N with tert-alkyl or cyclic N) is 1. The lowest BCUT2D eigenvalue weighted by Gasteiger charge is -2.34. The zero-order valence-electron chi connectivity index (χ0n) is 12.9. The highest BCUT2D eigenvalue weighted by Gasteiger charge is 2.18. The number of aliphatic hydroxyl groups excluding tert-OH is 1. The Hall–Kier alpha value is -0.950. The minimum Gasteiger partial charge on any atom is -0.390 e. The molecule has 1 N–H and O–H groups in total. The third kappa shape index (κ3) is 4.56. The molecule has 0 amide bonds. The first-order valence-corrected chi connectivity index (χ1v) is 7.28. The molecule has 6 nitrogen and oxygen atoms in total. The van der Waals surface area contributed by atoms with E-state index in [-0.39, 0.29) is 6.10 Å². The van der Waals surface area contributed by atoms with Crippen LogP contribution in [-0.4, -0.2) is 88.8 Å². The predicted molar refractivity (Wildman–Crippen MR) is 79.5 cm³/mol. The summed E-state index contributed by atoms with van der Waals surface area (Å²) in [5.74, 6) is 1.03. The lowest BCUT2D eigenvalue weighted by atomic mass is 10.2. The SMILES string of the molecule is CN1CCN(CC(O)CN(C)Cc2nccn2C)CC1. The summed E-state index contributed by atoms with van der Waals surface area (Å²) in [4.78, 5) is 11.1. The van der Waals surface area contributed by atoms with Crippen LogP contribution in [-0.2, 0) is 13.6 Å². The first kappa shape index (κ1) is 15.4. The summed E-state index contributed by atoms with van der Waals surface area (Å²) in [5.41, 5.74) is 0. The summed E-state index contributed by atoms with van der Waals surface area (Å²) in [6.45, 7) is 6.50. The molecular formula is C14H27N5O. The van der Waals surface area contributed by atoms with Crippen LogP contribution in [0.15, 0.2) is 12.4 Å². The van der Waals surface area contributed by atoms with Crippen molar-refractivity contribution in [2.75, 3.05) is 53.4 Å². The van der Waals surface area contributed by atoms with Gasteiger partial charge in [-0.15, -0.1) is 0 Å². The van der Waals surface area contributed by atoms with Gasteiger partial charge in [0.15, 0.2) is 0 Å². The van der Waals surface area contributed by atoms with E-state index in [4.69, 9.17) is 0 Å². The fourth-order valence-electron chi connectivity index (χ4n) is 2.60. The summed E-state index contributed by atoms with van der Waals surface area (Å²) in [6, 6.07) is 0. The summed E-state index contributed by atoms with van der Waals surface area (Å²) in [5, 5.41) is 10.2. The zero-order chi connectivity index (χ0) is 14.5. The highest BCUT2D eigenvalue weighted by Crippen LogP contribution is 2.04. The van der Waals surface area contributed by atoms with Gasteiger partial charge in [-0.2, -0.15) is 0 Å². The molecule has 0 aliphatic carbocycles. The summed E-state index contributed by atoms with van der Waals surface area (Å²) in [6.07, 6.45) is 3.46. The molecule has 1 aromatic rings. The first-order chi connectivity index (χ1) is 9.54. The number of piperazine rings is 1. The van der Waals surface area contributed by atoms with Gasteiger partial charge in [0, 0.05) is 58.7 Å². The van der Waals surface area contributed by atoms with Gasteiger partial charge in [-0.05, 0) is 14.1 Å². The Morgan fingerprint density at radius 2 is 2.00 bits per heavy atom. The number of aryl methyl sites for hydroxylation is 1. The molecule has 0 radical (unpaired) electrons. The predicted octanol–water partition coefficient (Wildman–Crippen LogP) is -0.540. The quantitative estimate of drug-likeness (QED) is 0.759. The van der Waals surface area contributed by atoms with Gasteiger partial charge < -0.3 is 14.6 Å². The summed E-state index contributed by atoms with van der Waals surface area (Å²) in [7, 11) is 6.17. The molecular weight excluding hydrogens is 254 g/mol. The average Bonchev–Trinajstić information content (AvgIpc) is 2.77. The fraction of sp³-hybridized carbons (Fsp3) is 0.786. The second-order valence-electron chi connectivity index (χ2n) is 5.91. The molecule has 6 heteroatoms. The van der Waals surface area contributed by atoms with E-state index in [0.29, 0.717) is 6.54 Å². The molecule has 0 aromatic carbocycles. The smallest absolute Gasteiger partial charge is 0.122 e. The zero-order valence-corrected chi connectivity index (χ0v) is 12.9. The number of likely N-dealkylation sites (N-methyl/N-ethyl adjacent to an activating group) is 2. The number of aromatic nitrogens is 2. The normalized spacial score (nSPS) is 19.6. The van der Waals surface area contributed by atoms with Gasteiger partial charge in [0.05, 0.1) is 12.6 Å². The third-order valence-corrected chi connectivity index (χ3v) is 3.92. The van der Waals surface area contributed by atoms with Crippen LogP contribution in [0.5, 0.6) is 0 Å². The number of aliphatic hydroxyl groups is 1. The maximum Gasteiger partial charge on any atom is 0.122 e. The Kier molecular flexibility index (Phi) is 5.54. The molecule has 2 heterocycles. The maximum atomic E-state index is 10.2. The van der Waals surface area contributed by atoms with Crippen molar-refractivity contribution in [3.8, 4) is 0 Å². The van der Waals surface area contributed by atoms with Crippen molar-refractivity contribution in [2.45, 2.75) is 12.6 Å². The second-order valence-corrected chi connectivity index (χ2v) is 5.91. The fourth-order valence-corrected chi connectivity index (χ4v) is 2.60. The van der Waals surface area contributed by atoms with E-state index in [9.17, 15) is 5.11 Å². The van der Waals surface area contributed by atoms with Crippen molar-refractivity contribution < 1.29 is 5.11 Å². The standard InChI is InChI=1S/C14H27N5O/c1-16-6-8-19(9-7-16)11-13(20)10-17(2)12-14-15-4-5-18(14)3/h4-5,13,20H,6-12H2,1-3H3. The third-order valence-electron chi connectivity index (χ3n) is 3.92. The van der Waals surface area contributed by atoms with E-state index in [1.165, 1.54) is 0 Å². The van der Waals surface area contributed by atoms with Crippen LogP contribution in [0, 0.1) is 0 Å². The van der Waals surface area contributed by atoms with Crippen LogP contribution in [0.25, 0.3) is 0 Å². The highest BCUT2D eigenvalue weighted by molar-refractivity contribution is 4.90. The molecule has 0 spiro atoms. The van der Waals surface area contributed by atoms with E-state index >= 15 is 0 Å². The minimum atomic E-state index is -0.302. The maximum absolute atomic E-state index is 10.2. The van der Waals surface area contributed by atoms with Gasteiger partial charge in [-0.1, -0.05) is 0 Å². The van der Waals surface area contributed by atoms with Gasteiger partial charge in [-0.3, -0.25) is 9.80 Å². The number of imidazole rings is 1.